The maximum absolute atomic E-state index is 13.5. The third-order valence-electron chi connectivity index (χ3n) is 2.94. The molecule has 18 heavy (non-hydrogen) atoms. The number of hydrogen-bond donors (Lipinski definition) is 2. The van der Waals surface area contributed by atoms with Crippen LogP contribution in [0, 0.1) is 11.7 Å². The Morgan fingerprint density at radius 3 is 2.72 bits per heavy atom. The standard InChI is InChI=1S/C12H14BrFN2O.ClH/c13-8-3-4-9(10(14)5-8)12(17)16-11(6-15)7-1-2-7;/h3-5,7,11H,1-2,6,15H2,(H,16,17);1H. The maximum atomic E-state index is 13.5. The summed E-state index contributed by atoms with van der Waals surface area (Å²) in [7, 11) is 0. The molecule has 1 atom stereocenters. The van der Waals surface area contributed by atoms with Crippen molar-refractivity contribution < 1.29 is 9.18 Å². The van der Waals surface area contributed by atoms with Gasteiger partial charge >= 0.3 is 0 Å². The Balaban J connectivity index is 0.00000162. The molecular formula is C12H15BrClFN2O. The Labute approximate surface area is 120 Å². The van der Waals surface area contributed by atoms with Gasteiger partial charge in [-0.1, -0.05) is 15.9 Å². The number of carbonyl (C=O) groups is 1. The molecule has 0 aromatic heterocycles. The van der Waals surface area contributed by atoms with Crippen molar-refractivity contribution in [2.24, 2.45) is 11.7 Å². The fourth-order valence-corrected chi connectivity index (χ4v) is 2.12. The lowest BCUT2D eigenvalue weighted by molar-refractivity contribution is 0.0929. The van der Waals surface area contributed by atoms with Crippen molar-refractivity contribution in [3.63, 3.8) is 0 Å². The number of hydrogen-bond acceptors (Lipinski definition) is 2. The second-order valence-corrected chi connectivity index (χ2v) is 5.19. The molecule has 100 valence electrons. The predicted molar refractivity (Wildman–Crippen MR) is 74.4 cm³/mol. The van der Waals surface area contributed by atoms with Crippen LogP contribution in [0.2, 0.25) is 0 Å². The summed E-state index contributed by atoms with van der Waals surface area (Å²) in [6, 6.07) is 4.36. The molecule has 2 rings (SSSR count). The summed E-state index contributed by atoms with van der Waals surface area (Å²) < 4.78 is 14.2. The van der Waals surface area contributed by atoms with Gasteiger partial charge in [0.1, 0.15) is 5.82 Å². The Morgan fingerprint density at radius 2 is 2.22 bits per heavy atom. The molecule has 0 heterocycles. The zero-order chi connectivity index (χ0) is 12.4. The molecule has 1 fully saturated rings. The highest BCUT2D eigenvalue weighted by Gasteiger charge is 2.31. The normalized spacial score (nSPS) is 15.7. The van der Waals surface area contributed by atoms with Crippen LogP contribution in [0.1, 0.15) is 23.2 Å². The summed E-state index contributed by atoms with van der Waals surface area (Å²) in [5, 5.41) is 2.79. The molecule has 1 aliphatic carbocycles. The van der Waals surface area contributed by atoms with Crippen LogP contribution in [0.25, 0.3) is 0 Å². The predicted octanol–water partition coefficient (Wildman–Crippen LogP) is 2.48. The molecule has 1 amide bonds. The van der Waals surface area contributed by atoms with Gasteiger partial charge < -0.3 is 11.1 Å². The Morgan fingerprint density at radius 1 is 1.56 bits per heavy atom. The third kappa shape index (κ3) is 3.67. The summed E-state index contributed by atoms with van der Waals surface area (Å²) in [5.41, 5.74) is 5.65. The van der Waals surface area contributed by atoms with Gasteiger partial charge in [-0.25, -0.2) is 4.39 Å². The highest BCUT2D eigenvalue weighted by atomic mass is 79.9. The average Bonchev–Trinajstić information content (AvgIpc) is 3.09. The molecule has 1 aliphatic rings. The summed E-state index contributed by atoms with van der Waals surface area (Å²) in [6.45, 7) is 0.397. The molecule has 1 aromatic carbocycles. The molecule has 0 bridgehead atoms. The fraction of sp³-hybridized carbons (Fsp3) is 0.417. The summed E-state index contributed by atoms with van der Waals surface area (Å²) in [5.74, 6) is -0.455. The highest BCUT2D eigenvalue weighted by Crippen LogP contribution is 2.32. The van der Waals surface area contributed by atoms with E-state index >= 15 is 0 Å². The van der Waals surface area contributed by atoms with Gasteiger partial charge in [-0.2, -0.15) is 0 Å². The third-order valence-corrected chi connectivity index (χ3v) is 3.43. The second-order valence-electron chi connectivity index (χ2n) is 4.28. The van der Waals surface area contributed by atoms with Gasteiger partial charge in [0, 0.05) is 17.1 Å². The largest absolute Gasteiger partial charge is 0.348 e. The van der Waals surface area contributed by atoms with E-state index in [1.54, 1.807) is 6.07 Å². The lowest BCUT2D eigenvalue weighted by Gasteiger charge is -2.16. The molecule has 3 N–H and O–H groups in total. The van der Waals surface area contributed by atoms with Crippen LogP contribution in [-0.2, 0) is 0 Å². The Hall–Kier alpha value is -0.650. The number of nitrogens with two attached hydrogens (primary N) is 1. The first-order valence-electron chi connectivity index (χ1n) is 5.58. The molecular weight excluding hydrogens is 323 g/mol. The summed E-state index contributed by atoms with van der Waals surface area (Å²) in [6.07, 6.45) is 2.18. The lowest BCUT2D eigenvalue weighted by atomic mass is 10.1. The molecule has 0 spiro atoms. The molecule has 1 unspecified atom stereocenters. The van der Waals surface area contributed by atoms with E-state index in [4.69, 9.17) is 5.73 Å². The summed E-state index contributed by atoms with van der Waals surface area (Å²) in [4.78, 5) is 11.9. The lowest BCUT2D eigenvalue weighted by Crippen LogP contribution is -2.42. The van der Waals surface area contributed by atoms with E-state index in [-0.39, 0.29) is 24.0 Å². The minimum Gasteiger partial charge on any atom is -0.348 e. The van der Waals surface area contributed by atoms with E-state index < -0.39 is 11.7 Å². The fourth-order valence-electron chi connectivity index (χ4n) is 1.79. The van der Waals surface area contributed by atoms with Gasteiger partial charge in [0.2, 0.25) is 0 Å². The van der Waals surface area contributed by atoms with Gasteiger partial charge in [-0.15, -0.1) is 12.4 Å². The van der Waals surface area contributed by atoms with Gasteiger partial charge in [-0.05, 0) is 37.0 Å². The molecule has 0 aliphatic heterocycles. The molecule has 0 radical (unpaired) electrons. The molecule has 6 heteroatoms. The van der Waals surface area contributed by atoms with Gasteiger partial charge in [0.25, 0.3) is 5.91 Å². The van der Waals surface area contributed by atoms with Crippen molar-refractivity contribution in [1.82, 2.24) is 5.32 Å². The van der Waals surface area contributed by atoms with Crippen LogP contribution in [0.4, 0.5) is 4.39 Å². The van der Waals surface area contributed by atoms with Crippen LogP contribution in [-0.4, -0.2) is 18.5 Å². The topological polar surface area (TPSA) is 55.1 Å². The molecule has 1 aromatic rings. The van der Waals surface area contributed by atoms with Crippen molar-refractivity contribution >= 4 is 34.2 Å². The minimum atomic E-state index is -0.525. The molecule has 0 saturated heterocycles. The van der Waals surface area contributed by atoms with E-state index in [9.17, 15) is 9.18 Å². The number of halogens is 3. The van der Waals surface area contributed by atoms with Gasteiger partial charge in [0.05, 0.1) is 5.56 Å². The van der Waals surface area contributed by atoms with Gasteiger partial charge in [-0.3, -0.25) is 4.79 Å². The number of carbonyl (C=O) groups excluding carboxylic acids is 1. The van der Waals surface area contributed by atoms with E-state index in [1.807, 2.05) is 0 Å². The van der Waals surface area contributed by atoms with E-state index in [2.05, 4.69) is 21.2 Å². The van der Waals surface area contributed by atoms with Crippen molar-refractivity contribution in [3.8, 4) is 0 Å². The number of nitrogens with one attached hydrogen (secondary N) is 1. The average molecular weight is 338 g/mol. The molecule has 1 saturated carbocycles. The Bertz CT molecular complexity index is 440. The van der Waals surface area contributed by atoms with E-state index in [0.717, 1.165) is 12.8 Å². The van der Waals surface area contributed by atoms with Gasteiger partial charge in [0.15, 0.2) is 0 Å². The van der Waals surface area contributed by atoms with E-state index in [0.29, 0.717) is 16.9 Å². The van der Waals surface area contributed by atoms with Crippen LogP contribution in [0.3, 0.4) is 0 Å². The quantitative estimate of drug-likeness (QED) is 0.887. The Kier molecular flexibility index (Phi) is 5.56. The zero-order valence-electron chi connectivity index (χ0n) is 9.66. The van der Waals surface area contributed by atoms with Crippen molar-refractivity contribution in [1.29, 1.82) is 0 Å². The van der Waals surface area contributed by atoms with Crippen molar-refractivity contribution in [3.05, 3.63) is 34.1 Å². The van der Waals surface area contributed by atoms with Crippen LogP contribution in [0.5, 0.6) is 0 Å². The maximum Gasteiger partial charge on any atom is 0.254 e. The molecule has 3 nitrogen and oxygen atoms in total. The first-order chi connectivity index (χ1) is 8.11. The first kappa shape index (κ1) is 15.4. The number of rotatable bonds is 4. The van der Waals surface area contributed by atoms with Crippen molar-refractivity contribution in [2.45, 2.75) is 18.9 Å². The van der Waals surface area contributed by atoms with Crippen LogP contribution in [0.15, 0.2) is 22.7 Å². The second kappa shape index (κ2) is 6.50. The van der Waals surface area contributed by atoms with E-state index in [1.165, 1.54) is 12.1 Å². The van der Waals surface area contributed by atoms with Crippen molar-refractivity contribution in [2.75, 3.05) is 6.54 Å². The first-order valence-corrected chi connectivity index (χ1v) is 6.37. The summed E-state index contributed by atoms with van der Waals surface area (Å²) >= 11 is 3.15. The van der Waals surface area contributed by atoms with Crippen LogP contribution >= 0.6 is 28.3 Å². The minimum absolute atomic E-state index is 0. The zero-order valence-corrected chi connectivity index (χ0v) is 12.1. The highest BCUT2D eigenvalue weighted by molar-refractivity contribution is 9.10. The number of amides is 1. The monoisotopic (exact) mass is 336 g/mol. The van der Waals surface area contributed by atoms with Crippen LogP contribution < -0.4 is 11.1 Å². The SMILES string of the molecule is Cl.NCC(NC(=O)c1ccc(Br)cc1F)C1CC1. The smallest absolute Gasteiger partial charge is 0.254 e. The number of benzene rings is 1.